The second-order valence-corrected chi connectivity index (χ2v) is 4.07. The molecule has 0 saturated heterocycles. The first-order chi connectivity index (χ1) is 8.65. The fourth-order valence-electron chi connectivity index (χ4n) is 1.86. The van der Waals surface area contributed by atoms with E-state index < -0.39 is 0 Å². The van der Waals surface area contributed by atoms with Gasteiger partial charge in [0, 0.05) is 23.4 Å². The van der Waals surface area contributed by atoms with E-state index in [0.29, 0.717) is 17.8 Å². The topological polar surface area (TPSA) is 25.2 Å². The van der Waals surface area contributed by atoms with Crippen LogP contribution in [0.1, 0.15) is 12.2 Å². The van der Waals surface area contributed by atoms with Crippen LogP contribution in [0.4, 0.5) is 4.39 Å². The van der Waals surface area contributed by atoms with E-state index >= 15 is 0 Å². The van der Waals surface area contributed by atoms with Gasteiger partial charge in [0.05, 0.1) is 0 Å². The van der Waals surface area contributed by atoms with Crippen molar-refractivity contribution in [2.24, 2.45) is 0 Å². The summed E-state index contributed by atoms with van der Waals surface area (Å²) >= 11 is 0. The van der Waals surface area contributed by atoms with Crippen molar-refractivity contribution < 1.29 is 8.81 Å². The summed E-state index contributed by atoms with van der Waals surface area (Å²) in [6.07, 6.45) is 5.83. The van der Waals surface area contributed by atoms with Crippen LogP contribution < -0.4 is 5.32 Å². The number of halogens is 1. The molecule has 3 heteroatoms. The maximum atomic E-state index is 13.1. The van der Waals surface area contributed by atoms with Gasteiger partial charge in [0.25, 0.3) is 0 Å². The third kappa shape index (κ3) is 2.29. The predicted octanol–water partition coefficient (Wildman–Crippen LogP) is 3.20. The first-order valence-corrected chi connectivity index (χ1v) is 5.64. The third-order valence-corrected chi connectivity index (χ3v) is 2.89. The number of terminal acetylenes is 1. The van der Waals surface area contributed by atoms with Crippen molar-refractivity contribution >= 4 is 16.5 Å². The first-order valence-electron chi connectivity index (χ1n) is 5.64. The summed E-state index contributed by atoms with van der Waals surface area (Å²) in [5.41, 5.74) is 1.41. The summed E-state index contributed by atoms with van der Waals surface area (Å²) in [6.45, 7) is 3.99. The molecule has 0 aliphatic heterocycles. The average molecular weight is 243 g/mol. The zero-order chi connectivity index (χ0) is 13.1. The third-order valence-electron chi connectivity index (χ3n) is 2.89. The van der Waals surface area contributed by atoms with Gasteiger partial charge in [-0.15, -0.1) is 12.3 Å². The minimum absolute atomic E-state index is 0.0413. The molecular formula is C15H14FNO. The molecule has 18 heavy (non-hydrogen) atoms. The van der Waals surface area contributed by atoms with Gasteiger partial charge >= 0.3 is 0 Å². The van der Waals surface area contributed by atoms with Crippen LogP contribution in [0.2, 0.25) is 0 Å². The Morgan fingerprint density at radius 1 is 1.56 bits per heavy atom. The smallest absolute Gasteiger partial charge is 0.135 e. The number of nitrogens with one attached hydrogen (secondary N) is 1. The highest BCUT2D eigenvalue weighted by Gasteiger charge is 2.15. The highest BCUT2D eigenvalue weighted by Crippen LogP contribution is 2.26. The van der Waals surface area contributed by atoms with Crippen LogP contribution in [0.15, 0.2) is 35.3 Å². The van der Waals surface area contributed by atoms with E-state index in [-0.39, 0.29) is 11.9 Å². The highest BCUT2D eigenvalue weighted by atomic mass is 19.1. The Morgan fingerprint density at radius 3 is 3.00 bits per heavy atom. The van der Waals surface area contributed by atoms with E-state index in [1.807, 2.05) is 7.05 Å². The molecule has 1 heterocycles. The molecule has 1 atom stereocenters. The van der Waals surface area contributed by atoms with E-state index in [4.69, 9.17) is 10.8 Å². The molecule has 0 spiro atoms. The van der Waals surface area contributed by atoms with Crippen LogP contribution in [-0.2, 0) is 0 Å². The quantitative estimate of drug-likeness (QED) is 0.834. The summed E-state index contributed by atoms with van der Waals surface area (Å²) in [4.78, 5) is 0. The molecule has 0 fully saturated rings. The van der Waals surface area contributed by atoms with E-state index in [1.165, 1.54) is 12.1 Å². The molecule has 1 N–H and O–H groups in total. The van der Waals surface area contributed by atoms with Crippen LogP contribution >= 0.6 is 0 Å². The summed E-state index contributed by atoms with van der Waals surface area (Å²) in [7, 11) is 1.81. The predicted molar refractivity (Wildman–Crippen MR) is 71.5 cm³/mol. The number of likely N-dealkylation sites (N-methyl/N-ethyl adjacent to an activating group) is 1. The summed E-state index contributed by atoms with van der Waals surface area (Å²) in [6, 6.07) is 6.15. The largest absolute Gasteiger partial charge is 0.456 e. The normalized spacial score (nSPS) is 12.3. The Kier molecular flexibility index (Phi) is 3.50. The fraction of sp³-hybridized carbons (Fsp3) is 0.200. The van der Waals surface area contributed by atoms with Crippen molar-refractivity contribution in [1.29, 1.82) is 0 Å². The van der Waals surface area contributed by atoms with Gasteiger partial charge in [0.1, 0.15) is 17.2 Å². The Balaban J connectivity index is 2.36. The number of benzene rings is 1. The molecule has 92 valence electrons. The lowest BCUT2D eigenvalue weighted by molar-refractivity contribution is 0.580. The van der Waals surface area contributed by atoms with Gasteiger partial charge in [-0.1, -0.05) is 6.58 Å². The van der Waals surface area contributed by atoms with Crippen molar-refractivity contribution in [3.05, 3.63) is 42.4 Å². The molecule has 0 aliphatic rings. The number of hydrogen-bond acceptors (Lipinski definition) is 2. The van der Waals surface area contributed by atoms with Crippen LogP contribution in [0.25, 0.3) is 16.5 Å². The zero-order valence-electron chi connectivity index (χ0n) is 10.2. The van der Waals surface area contributed by atoms with Gasteiger partial charge in [-0.3, -0.25) is 0 Å². The van der Waals surface area contributed by atoms with Crippen LogP contribution in [-0.4, -0.2) is 13.1 Å². The second-order valence-electron chi connectivity index (χ2n) is 4.07. The number of hydrogen-bond donors (Lipinski definition) is 1. The number of fused-ring (bicyclic) bond motifs is 1. The van der Waals surface area contributed by atoms with E-state index in [9.17, 15) is 4.39 Å². The second kappa shape index (κ2) is 5.07. The van der Waals surface area contributed by atoms with Gasteiger partial charge < -0.3 is 9.73 Å². The maximum Gasteiger partial charge on any atom is 0.135 e. The van der Waals surface area contributed by atoms with Crippen molar-refractivity contribution in [3.63, 3.8) is 0 Å². The van der Waals surface area contributed by atoms with Crippen LogP contribution in [0.5, 0.6) is 0 Å². The standard InChI is InChI=1S/C15H14FNO/c1-4-5-13(17-3)10(2)15-9-11-8-12(16)6-7-14(11)18-15/h1,6-9,13,17H,2,5H2,3H3. The van der Waals surface area contributed by atoms with Crippen molar-refractivity contribution in [2.45, 2.75) is 12.5 Å². The lowest BCUT2D eigenvalue weighted by Gasteiger charge is -2.14. The molecule has 1 aromatic carbocycles. The summed E-state index contributed by atoms with van der Waals surface area (Å²) < 4.78 is 18.7. The van der Waals surface area contributed by atoms with Crippen molar-refractivity contribution in [2.75, 3.05) is 7.05 Å². The SMILES string of the molecule is C#CCC(NC)C(=C)c1cc2cc(F)ccc2o1. The molecule has 2 rings (SSSR count). The zero-order valence-corrected chi connectivity index (χ0v) is 10.2. The molecule has 0 bridgehead atoms. The molecular weight excluding hydrogens is 229 g/mol. The molecule has 0 aliphatic carbocycles. The van der Waals surface area contributed by atoms with Crippen molar-refractivity contribution in [3.8, 4) is 12.3 Å². The Labute approximate surface area is 105 Å². The van der Waals surface area contributed by atoms with Gasteiger partial charge in [0.15, 0.2) is 0 Å². The fourth-order valence-corrected chi connectivity index (χ4v) is 1.86. The summed E-state index contributed by atoms with van der Waals surface area (Å²) in [5, 5.41) is 3.80. The highest BCUT2D eigenvalue weighted by molar-refractivity contribution is 5.82. The first kappa shape index (κ1) is 12.4. The van der Waals surface area contributed by atoms with Crippen LogP contribution in [0.3, 0.4) is 0 Å². The maximum absolute atomic E-state index is 13.1. The molecule has 1 unspecified atom stereocenters. The van der Waals surface area contributed by atoms with Crippen LogP contribution in [0, 0.1) is 18.2 Å². The Bertz CT molecular complexity index is 621. The lowest BCUT2D eigenvalue weighted by atomic mass is 10.0. The van der Waals surface area contributed by atoms with Gasteiger partial charge in [-0.2, -0.15) is 0 Å². The van der Waals surface area contributed by atoms with Gasteiger partial charge in [-0.25, -0.2) is 4.39 Å². The molecule has 0 radical (unpaired) electrons. The molecule has 0 saturated carbocycles. The monoisotopic (exact) mass is 243 g/mol. The minimum Gasteiger partial charge on any atom is -0.456 e. The van der Waals surface area contributed by atoms with Gasteiger partial charge in [-0.05, 0) is 31.3 Å². The van der Waals surface area contributed by atoms with E-state index in [0.717, 1.165) is 11.0 Å². The van der Waals surface area contributed by atoms with Crippen molar-refractivity contribution in [1.82, 2.24) is 5.32 Å². The molecule has 2 nitrogen and oxygen atoms in total. The molecule has 1 aromatic heterocycles. The van der Waals surface area contributed by atoms with E-state index in [1.54, 1.807) is 12.1 Å². The summed E-state index contributed by atoms with van der Waals surface area (Å²) in [5.74, 6) is 2.93. The molecule has 2 aromatic rings. The van der Waals surface area contributed by atoms with E-state index in [2.05, 4.69) is 17.8 Å². The number of furan rings is 1. The number of rotatable bonds is 4. The molecule has 0 amide bonds. The Hall–Kier alpha value is -2.05. The minimum atomic E-state index is -0.283. The average Bonchev–Trinajstić information content (AvgIpc) is 2.77. The lowest BCUT2D eigenvalue weighted by Crippen LogP contribution is -2.25. The Morgan fingerprint density at radius 2 is 2.33 bits per heavy atom. The van der Waals surface area contributed by atoms with Gasteiger partial charge in [0.2, 0.25) is 0 Å².